The maximum Gasteiger partial charge on any atom is 0.317 e. The van der Waals surface area contributed by atoms with E-state index in [1.807, 2.05) is 0 Å². The zero-order chi connectivity index (χ0) is 9.23. The van der Waals surface area contributed by atoms with Gasteiger partial charge in [-0.3, -0.25) is 4.79 Å². The fourth-order valence-electron chi connectivity index (χ4n) is 0.551. The van der Waals surface area contributed by atoms with Crippen LogP contribution in [0.3, 0.4) is 0 Å². The monoisotopic (exact) mass is 186 g/mol. The van der Waals surface area contributed by atoms with Crippen LogP contribution in [0.1, 0.15) is 20.3 Å². The summed E-state index contributed by atoms with van der Waals surface area (Å²) in [7, 11) is 0. The van der Waals surface area contributed by atoms with Crippen molar-refractivity contribution < 1.29 is 9.53 Å². The molecule has 3 heteroatoms. The molecule has 0 unspecified atom stereocenters. The zero-order valence-corrected chi connectivity index (χ0v) is 8.37. The molecule has 68 valence electrons. The molecule has 0 rings (SSSR count). The van der Waals surface area contributed by atoms with Crippen molar-refractivity contribution in [2.75, 3.05) is 18.1 Å². The number of rotatable bonds is 4. The summed E-state index contributed by atoms with van der Waals surface area (Å²) in [5.74, 6) is 7.28. The van der Waals surface area contributed by atoms with E-state index in [4.69, 9.17) is 4.74 Å². The average Bonchev–Trinajstić information content (AvgIpc) is 2.05. The van der Waals surface area contributed by atoms with Crippen LogP contribution in [-0.2, 0) is 9.53 Å². The summed E-state index contributed by atoms with van der Waals surface area (Å²) in [6.45, 7) is 4.31. The minimum Gasteiger partial charge on any atom is -0.465 e. The van der Waals surface area contributed by atoms with E-state index in [-0.39, 0.29) is 12.4 Å². The lowest BCUT2D eigenvalue weighted by molar-refractivity contribution is -0.141. The van der Waals surface area contributed by atoms with Gasteiger partial charge in [-0.15, -0.1) is 11.8 Å². The van der Waals surface area contributed by atoms with Crippen LogP contribution in [0.5, 0.6) is 0 Å². The number of carbonyl (C=O) groups excluding carboxylic acids is 1. The molecule has 0 N–H and O–H groups in total. The van der Waals surface area contributed by atoms with Gasteiger partial charge in [0.1, 0.15) is 6.42 Å². The fraction of sp³-hybridized carbons (Fsp3) is 0.667. The van der Waals surface area contributed by atoms with Crippen molar-refractivity contribution in [2.24, 2.45) is 0 Å². The predicted molar refractivity (Wildman–Crippen MR) is 52.0 cm³/mol. The van der Waals surface area contributed by atoms with Gasteiger partial charge in [0.25, 0.3) is 0 Å². The number of hydrogen-bond acceptors (Lipinski definition) is 3. The third-order valence-electron chi connectivity index (χ3n) is 1.04. The quantitative estimate of drug-likeness (QED) is 0.380. The van der Waals surface area contributed by atoms with Crippen molar-refractivity contribution in [1.82, 2.24) is 0 Å². The van der Waals surface area contributed by atoms with Crippen molar-refractivity contribution in [1.29, 1.82) is 0 Å². The van der Waals surface area contributed by atoms with Crippen LogP contribution in [0.2, 0.25) is 0 Å². The zero-order valence-electron chi connectivity index (χ0n) is 7.55. The van der Waals surface area contributed by atoms with Gasteiger partial charge < -0.3 is 4.74 Å². The van der Waals surface area contributed by atoms with E-state index in [2.05, 4.69) is 18.8 Å². The fourth-order valence-corrected chi connectivity index (χ4v) is 0.959. The first-order valence-electron chi connectivity index (χ1n) is 4.00. The number of carbonyl (C=O) groups is 1. The van der Waals surface area contributed by atoms with E-state index in [1.165, 1.54) is 0 Å². The van der Waals surface area contributed by atoms with Crippen LogP contribution in [0.15, 0.2) is 0 Å². The Balaban J connectivity index is 3.36. The molecular weight excluding hydrogens is 172 g/mol. The van der Waals surface area contributed by atoms with E-state index in [1.54, 1.807) is 18.7 Å². The number of thioether (sulfide) groups is 1. The molecule has 0 heterocycles. The molecule has 0 aromatic carbocycles. The highest BCUT2D eigenvalue weighted by atomic mass is 32.2. The highest BCUT2D eigenvalue weighted by Crippen LogP contribution is 1.94. The van der Waals surface area contributed by atoms with E-state index in [0.717, 1.165) is 11.5 Å². The lowest BCUT2D eigenvalue weighted by Gasteiger charge is -1.94. The molecule has 0 atom stereocenters. The topological polar surface area (TPSA) is 26.3 Å². The van der Waals surface area contributed by atoms with Gasteiger partial charge in [0.15, 0.2) is 0 Å². The van der Waals surface area contributed by atoms with Crippen molar-refractivity contribution >= 4 is 17.7 Å². The minimum absolute atomic E-state index is 0.220. The molecule has 0 aliphatic rings. The van der Waals surface area contributed by atoms with E-state index in [9.17, 15) is 4.79 Å². The molecule has 0 bridgehead atoms. The smallest absolute Gasteiger partial charge is 0.317 e. The lowest BCUT2D eigenvalue weighted by atomic mass is 10.4. The Morgan fingerprint density at radius 2 is 2.17 bits per heavy atom. The highest BCUT2D eigenvalue weighted by Gasteiger charge is 1.95. The summed E-state index contributed by atoms with van der Waals surface area (Å²) in [6.07, 6.45) is 0.220. The van der Waals surface area contributed by atoms with Crippen molar-refractivity contribution in [2.45, 2.75) is 20.3 Å². The van der Waals surface area contributed by atoms with E-state index < -0.39 is 0 Å². The first-order valence-corrected chi connectivity index (χ1v) is 5.15. The summed E-state index contributed by atoms with van der Waals surface area (Å²) >= 11 is 1.75. The Hall–Kier alpha value is -0.620. The normalized spacial score (nSPS) is 8.50. The summed E-state index contributed by atoms with van der Waals surface area (Å²) in [4.78, 5) is 10.7. The molecular formula is C9H14O2S. The van der Waals surface area contributed by atoms with Crippen LogP contribution in [0, 0.1) is 11.8 Å². The van der Waals surface area contributed by atoms with Crippen LogP contribution in [0.25, 0.3) is 0 Å². The van der Waals surface area contributed by atoms with Gasteiger partial charge in [-0.1, -0.05) is 18.8 Å². The average molecular weight is 186 g/mol. The number of hydrogen-bond donors (Lipinski definition) is 0. The Bertz CT molecular complexity index is 179. The Morgan fingerprint density at radius 3 is 2.75 bits per heavy atom. The van der Waals surface area contributed by atoms with Gasteiger partial charge in [-0.25, -0.2) is 0 Å². The highest BCUT2D eigenvalue weighted by molar-refractivity contribution is 7.99. The molecule has 0 aliphatic heterocycles. The maximum atomic E-state index is 10.7. The summed E-state index contributed by atoms with van der Waals surface area (Å²) in [5.41, 5.74) is 0. The van der Waals surface area contributed by atoms with Gasteiger partial charge in [0.2, 0.25) is 0 Å². The third kappa shape index (κ3) is 7.49. The predicted octanol–water partition coefficient (Wildman–Crippen LogP) is 1.70. The van der Waals surface area contributed by atoms with Gasteiger partial charge >= 0.3 is 5.97 Å². The molecule has 0 radical (unpaired) electrons. The molecule has 0 amide bonds. The first kappa shape index (κ1) is 11.4. The van der Waals surface area contributed by atoms with Crippen LogP contribution >= 0.6 is 11.8 Å². The molecule has 0 saturated heterocycles. The minimum atomic E-state index is -0.230. The Kier molecular flexibility index (Phi) is 8.04. The van der Waals surface area contributed by atoms with Crippen molar-refractivity contribution in [3.05, 3.63) is 0 Å². The molecule has 0 aromatic heterocycles. The van der Waals surface area contributed by atoms with Gasteiger partial charge in [0, 0.05) is 0 Å². The lowest BCUT2D eigenvalue weighted by Crippen LogP contribution is -2.01. The molecule has 0 spiro atoms. The molecule has 0 saturated carbocycles. The SMILES string of the molecule is CCOC(=O)CC#CCSCC. The summed E-state index contributed by atoms with van der Waals surface area (Å²) in [6, 6.07) is 0. The second-order valence-electron chi connectivity index (χ2n) is 1.97. The van der Waals surface area contributed by atoms with Crippen LogP contribution < -0.4 is 0 Å². The molecule has 0 aromatic rings. The van der Waals surface area contributed by atoms with E-state index >= 15 is 0 Å². The standard InChI is InChI=1S/C9H14O2S/c1-3-11-9(10)7-5-6-8-12-4-2/h3-4,7-8H2,1-2H3. The summed E-state index contributed by atoms with van der Waals surface area (Å²) in [5, 5.41) is 0. The molecule has 12 heavy (non-hydrogen) atoms. The third-order valence-corrected chi connectivity index (χ3v) is 1.80. The number of esters is 1. The second-order valence-corrected chi connectivity index (χ2v) is 3.25. The Morgan fingerprint density at radius 1 is 1.42 bits per heavy atom. The first-order chi connectivity index (χ1) is 5.81. The van der Waals surface area contributed by atoms with Gasteiger partial charge in [-0.05, 0) is 12.7 Å². The maximum absolute atomic E-state index is 10.7. The Labute approximate surface area is 78.1 Å². The van der Waals surface area contributed by atoms with Crippen LogP contribution in [-0.4, -0.2) is 24.1 Å². The molecule has 0 aliphatic carbocycles. The van der Waals surface area contributed by atoms with E-state index in [0.29, 0.717) is 6.61 Å². The van der Waals surface area contributed by atoms with Gasteiger partial charge in [-0.2, -0.15) is 0 Å². The second kappa shape index (κ2) is 8.48. The van der Waals surface area contributed by atoms with Crippen LogP contribution in [0.4, 0.5) is 0 Å². The molecule has 2 nitrogen and oxygen atoms in total. The van der Waals surface area contributed by atoms with Crippen molar-refractivity contribution in [3.8, 4) is 11.8 Å². The van der Waals surface area contributed by atoms with Crippen molar-refractivity contribution in [3.63, 3.8) is 0 Å². The van der Waals surface area contributed by atoms with Gasteiger partial charge in [0.05, 0.1) is 12.4 Å². The summed E-state index contributed by atoms with van der Waals surface area (Å²) < 4.78 is 4.70. The number of ether oxygens (including phenoxy) is 1. The largest absolute Gasteiger partial charge is 0.465 e. The molecule has 0 fully saturated rings.